The molecular weight excluding hydrogens is 352 g/mol. The molecule has 0 aliphatic carbocycles. The van der Waals surface area contributed by atoms with Crippen molar-refractivity contribution in [2.75, 3.05) is 5.33 Å². The Hall–Kier alpha value is -1.48. The first-order valence-electron chi connectivity index (χ1n) is 7.85. The normalized spacial score (nSPS) is 11.3. The molecule has 0 spiro atoms. The number of halogens is 1. The number of phenols is 2. The van der Waals surface area contributed by atoms with Crippen molar-refractivity contribution in [1.82, 2.24) is 0 Å². The number of alkyl halides is 1. The minimum Gasteiger partial charge on any atom is -0.507 e. The van der Waals surface area contributed by atoms with Crippen LogP contribution in [0.1, 0.15) is 50.4 Å². The van der Waals surface area contributed by atoms with Gasteiger partial charge < -0.3 is 10.2 Å². The van der Waals surface area contributed by atoms with Gasteiger partial charge in [0.25, 0.3) is 0 Å². The van der Waals surface area contributed by atoms with Gasteiger partial charge in [-0.25, -0.2) is 0 Å². The summed E-state index contributed by atoms with van der Waals surface area (Å²) < 4.78 is 0. The van der Waals surface area contributed by atoms with Gasteiger partial charge in [-0.15, -0.1) is 0 Å². The number of aryl methyl sites for hydroxylation is 2. The minimum atomic E-state index is 0.186. The van der Waals surface area contributed by atoms with Gasteiger partial charge >= 0.3 is 0 Å². The van der Waals surface area contributed by atoms with Gasteiger partial charge in [0.2, 0.25) is 0 Å². The number of phenolic OH excluding ortho intramolecular Hbond substituents is 2. The number of rotatable bonds is 3. The Morgan fingerprint density at radius 2 is 1.09 bits per heavy atom. The SMILES string of the molecule is Cc1cc(C(CBr)c2cc(C)c(O)c(C)c2C)c(C)c(C)c1O. The van der Waals surface area contributed by atoms with Gasteiger partial charge in [0.05, 0.1) is 0 Å². The topological polar surface area (TPSA) is 40.5 Å². The largest absolute Gasteiger partial charge is 0.507 e. The van der Waals surface area contributed by atoms with Gasteiger partial charge in [0.1, 0.15) is 11.5 Å². The van der Waals surface area contributed by atoms with Crippen LogP contribution in [0.5, 0.6) is 11.5 Å². The molecule has 0 unspecified atom stereocenters. The Morgan fingerprint density at radius 1 is 0.739 bits per heavy atom. The molecule has 2 aromatic carbocycles. The van der Waals surface area contributed by atoms with Gasteiger partial charge in [-0.1, -0.05) is 28.1 Å². The molecule has 3 heteroatoms. The summed E-state index contributed by atoms with van der Waals surface area (Å²) >= 11 is 3.67. The van der Waals surface area contributed by atoms with Crippen molar-refractivity contribution in [3.63, 3.8) is 0 Å². The van der Waals surface area contributed by atoms with Crippen molar-refractivity contribution in [2.45, 2.75) is 47.5 Å². The Kier molecular flexibility index (Phi) is 5.10. The number of hydrogen-bond acceptors (Lipinski definition) is 2. The zero-order valence-electron chi connectivity index (χ0n) is 14.7. The standard InChI is InChI=1S/C20H25BrO2/c1-10-7-16(12(3)14(5)19(10)22)18(9-21)17-8-11(2)20(23)15(6)13(17)4/h7-8,18,22-23H,9H2,1-6H3. The van der Waals surface area contributed by atoms with Crippen molar-refractivity contribution in [2.24, 2.45) is 0 Å². The maximum absolute atomic E-state index is 10.2. The number of aromatic hydroxyl groups is 2. The molecule has 0 saturated heterocycles. The Labute approximate surface area is 147 Å². The van der Waals surface area contributed by atoms with Crippen LogP contribution in [-0.2, 0) is 0 Å². The lowest BCUT2D eigenvalue weighted by Gasteiger charge is -2.24. The molecule has 2 nitrogen and oxygen atoms in total. The van der Waals surface area contributed by atoms with Gasteiger partial charge in [-0.3, -0.25) is 0 Å². The fourth-order valence-corrected chi connectivity index (χ4v) is 3.95. The highest BCUT2D eigenvalue weighted by Crippen LogP contribution is 2.39. The van der Waals surface area contributed by atoms with Crippen LogP contribution < -0.4 is 0 Å². The highest BCUT2D eigenvalue weighted by atomic mass is 79.9. The summed E-state index contributed by atoms with van der Waals surface area (Å²) in [6.07, 6.45) is 0. The van der Waals surface area contributed by atoms with E-state index in [-0.39, 0.29) is 5.92 Å². The maximum Gasteiger partial charge on any atom is 0.121 e. The third-order valence-electron chi connectivity index (χ3n) is 5.10. The van der Waals surface area contributed by atoms with Gasteiger partial charge in [0.15, 0.2) is 0 Å². The summed E-state index contributed by atoms with van der Waals surface area (Å²) in [5.74, 6) is 0.953. The van der Waals surface area contributed by atoms with Crippen LogP contribution in [0, 0.1) is 41.5 Å². The summed E-state index contributed by atoms with van der Waals surface area (Å²) in [5.41, 5.74) is 8.38. The molecule has 0 radical (unpaired) electrons. The predicted molar refractivity (Wildman–Crippen MR) is 100 cm³/mol. The Morgan fingerprint density at radius 3 is 1.39 bits per heavy atom. The van der Waals surface area contributed by atoms with Crippen molar-refractivity contribution in [3.05, 3.63) is 56.6 Å². The molecule has 0 aliphatic rings. The van der Waals surface area contributed by atoms with E-state index in [4.69, 9.17) is 0 Å². The molecule has 0 saturated carbocycles. The van der Waals surface area contributed by atoms with E-state index in [2.05, 4.69) is 41.9 Å². The van der Waals surface area contributed by atoms with Crippen LogP contribution in [0.2, 0.25) is 0 Å². The van der Waals surface area contributed by atoms with E-state index in [1.54, 1.807) is 0 Å². The molecule has 0 amide bonds. The van der Waals surface area contributed by atoms with E-state index in [1.807, 2.05) is 27.7 Å². The summed E-state index contributed by atoms with van der Waals surface area (Å²) in [4.78, 5) is 0. The van der Waals surface area contributed by atoms with Crippen LogP contribution in [0.4, 0.5) is 0 Å². The smallest absolute Gasteiger partial charge is 0.121 e. The van der Waals surface area contributed by atoms with Gasteiger partial charge in [-0.05, 0) is 86.1 Å². The minimum absolute atomic E-state index is 0.186. The van der Waals surface area contributed by atoms with E-state index in [1.165, 1.54) is 11.1 Å². The third-order valence-corrected chi connectivity index (χ3v) is 5.75. The zero-order chi connectivity index (χ0) is 17.5. The summed E-state index contributed by atoms with van der Waals surface area (Å²) in [6, 6.07) is 4.17. The van der Waals surface area contributed by atoms with Crippen molar-refractivity contribution >= 4 is 15.9 Å². The van der Waals surface area contributed by atoms with Crippen molar-refractivity contribution in [3.8, 4) is 11.5 Å². The quantitative estimate of drug-likeness (QED) is 0.696. The van der Waals surface area contributed by atoms with Gasteiger partial charge in [-0.2, -0.15) is 0 Å². The van der Waals surface area contributed by atoms with Crippen LogP contribution in [0.25, 0.3) is 0 Å². The monoisotopic (exact) mass is 376 g/mol. The summed E-state index contributed by atoms with van der Waals surface area (Å²) in [6.45, 7) is 11.9. The summed E-state index contributed by atoms with van der Waals surface area (Å²) in [5, 5.41) is 21.1. The lowest BCUT2D eigenvalue weighted by Crippen LogP contribution is -2.09. The first-order valence-corrected chi connectivity index (χ1v) is 8.98. The molecule has 23 heavy (non-hydrogen) atoms. The van der Waals surface area contributed by atoms with Gasteiger partial charge in [0, 0.05) is 11.2 Å². The van der Waals surface area contributed by atoms with E-state index in [0.29, 0.717) is 11.5 Å². The van der Waals surface area contributed by atoms with Crippen LogP contribution in [-0.4, -0.2) is 15.5 Å². The second kappa shape index (κ2) is 6.56. The predicted octanol–water partition coefficient (Wildman–Crippen LogP) is 5.48. The van der Waals surface area contributed by atoms with E-state index in [9.17, 15) is 10.2 Å². The molecule has 0 fully saturated rings. The van der Waals surface area contributed by atoms with E-state index < -0.39 is 0 Å². The average Bonchev–Trinajstić information content (AvgIpc) is 2.53. The second-order valence-corrected chi connectivity index (χ2v) is 7.12. The van der Waals surface area contributed by atoms with E-state index >= 15 is 0 Å². The third kappa shape index (κ3) is 2.99. The molecule has 0 aliphatic heterocycles. The molecule has 0 heterocycles. The lowest BCUT2D eigenvalue weighted by molar-refractivity contribution is 0.465. The fraction of sp³-hybridized carbons (Fsp3) is 0.400. The van der Waals surface area contributed by atoms with E-state index in [0.717, 1.165) is 38.7 Å². The molecular formula is C20H25BrO2. The fourth-order valence-electron chi connectivity index (χ4n) is 3.26. The zero-order valence-corrected chi connectivity index (χ0v) is 16.3. The Balaban J connectivity index is 2.72. The molecule has 0 atom stereocenters. The maximum atomic E-state index is 10.2. The second-order valence-electron chi connectivity index (χ2n) is 6.47. The lowest BCUT2D eigenvalue weighted by atomic mass is 9.83. The Bertz CT molecular complexity index is 700. The van der Waals surface area contributed by atoms with Crippen molar-refractivity contribution < 1.29 is 10.2 Å². The highest BCUT2D eigenvalue weighted by Gasteiger charge is 2.22. The summed E-state index contributed by atoms with van der Waals surface area (Å²) in [7, 11) is 0. The van der Waals surface area contributed by atoms with Crippen LogP contribution in [0.3, 0.4) is 0 Å². The first kappa shape index (κ1) is 17.9. The van der Waals surface area contributed by atoms with Crippen LogP contribution >= 0.6 is 15.9 Å². The number of benzene rings is 2. The number of hydrogen-bond donors (Lipinski definition) is 2. The molecule has 0 bridgehead atoms. The molecule has 2 N–H and O–H groups in total. The molecule has 2 aromatic rings. The molecule has 124 valence electrons. The average molecular weight is 377 g/mol. The molecule has 0 aromatic heterocycles. The highest BCUT2D eigenvalue weighted by molar-refractivity contribution is 9.09. The first-order chi connectivity index (χ1) is 10.7. The van der Waals surface area contributed by atoms with Crippen LogP contribution in [0.15, 0.2) is 12.1 Å². The van der Waals surface area contributed by atoms with Crippen molar-refractivity contribution in [1.29, 1.82) is 0 Å². The molecule has 2 rings (SSSR count).